The Morgan fingerprint density at radius 2 is 1.94 bits per heavy atom. The van der Waals surface area contributed by atoms with Crippen LogP contribution < -0.4 is 5.32 Å². The van der Waals surface area contributed by atoms with Gasteiger partial charge >= 0.3 is 0 Å². The number of nitrogens with zero attached hydrogens (tertiary/aromatic N) is 1. The molecule has 0 bridgehead atoms. The molecule has 1 aliphatic rings. The number of carbonyl (C=O) groups is 1. The van der Waals surface area contributed by atoms with E-state index in [2.05, 4.69) is 5.32 Å². The van der Waals surface area contributed by atoms with Crippen molar-refractivity contribution >= 4 is 18.3 Å². The van der Waals surface area contributed by atoms with Gasteiger partial charge in [0.1, 0.15) is 0 Å². The van der Waals surface area contributed by atoms with Gasteiger partial charge in [-0.15, -0.1) is 12.4 Å². The van der Waals surface area contributed by atoms with E-state index in [1.807, 2.05) is 25.8 Å². The number of hydrogen-bond donors (Lipinski definition) is 1. The van der Waals surface area contributed by atoms with Crippen molar-refractivity contribution in [3.8, 4) is 0 Å². The van der Waals surface area contributed by atoms with Crippen LogP contribution in [0.4, 0.5) is 0 Å². The summed E-state index contributed by atoms with van der Waals surface area (Å²) in [4.78, 5) is 13.9. The molecule has 96 valence electrons. The SMILES string of the molecule is CNCCCC(=O)N1C(C)COCC1C.Cl. The van der Waals surface area contributed by atoms with Crippen molar-refractivity contribution in [1.29, 1.82) is 0 Å². The van der Waals surface area contributed by atoms with Gasteiger partial charge < -0.3 is 15.0 Å². The third-order valence-electron chi connectivity index (χ3n) is 2.77. The quantitative estimate of drug-likeness (QED) is 0.759. The lowest BCUT2D eigenvalue weighted by Gasteiger charge is -2.38. The largest absolute Gasteiger partial charge is 0.377 e. The van der Waals surface area contributed by atoms with Crippen LogP contribution in [0.5, 0.6) is 0 Å². The van der Waals surface area contributed by atoms with E-state index in [1.54, 1.807) is 0 Å². The fourth-order valence-corrected chi connectivity index (χ4v) is 2.04. The molecular weight excluding hydrogens is 228 g/mol. The minimum absolute atomic E-state index is 0. The molecule has 1 rings (SSSR count). The number of rotatable bonds is 4. The molecule has 0 aromatic heterocycles. The molecule has 4 nitrogen and oxygen atoms in total. The fourth-order valence-electron chi connectivity index (χ4n) is 2.04. The molecule has 5 heteroatoms. The van der Waals surface area contributed by atoms with Crippen LogP contribution in [0.1, 0.15) is 26.7 Å². The summed E-state index contributed by atoms with van der Waals surface area (Å²) in [5.41, 5.74) is 0. The zero-order valence-corrected chi connectivity index (χ0v) is 11.2. The fraction of sp³-hybridized carbons (Fsp3) is 0.909. The number of morpholine rings is 1. The van der Waals surface area contributed by atoms with E-state index in [9.17, 15) is 4.79 Å². The third kappa shape index (κ3) is 4.28. The van der Waals surface area contributed by atoms with E-state index in [4.69, 9.17) is 4.74 Å². The van der Waals surface area contributed by atoms with Crippen molar-refractivity contribution in [2.45, 2.75) is 38.8 Å². The summed E-state index contributed by atoms with van der Waals surface area (Å²) in [5.74, 6) is 0.258. The van der Waals surface area contributed by atoms with Gasteiger partial charge in [0.15, 0.2) is 0 Å². The minimum Gasteiger partial charge on any atom is -0.377 e. The molecule has 1 heterocycles. The van der Waals surface area contributed by atoms with Crippen molar-refractivity contribution in [3.63, 3.8) is 0 Å². The summed E-state index contributed by atoms with van der Waals surface area (Å²) in [7, 11) is 1.91. The molecule has 16 heavy (non-hydrogen) atoms. The first-order valence-corrected chi connectivity index (χ1v) is 5.70. The molecule has 1 aliphatic heterocycles. The van der Waals surface area contributed by atoms with Crippen LogP contribution in [0.3, 0.4) is 0 Å². The molecule has 1 fully saturated rings. The van der Waals surface area contributed by atoms with Gasteiger partial charge in [-0.25, -0.2) is 0 Å². The summed E-state index contributed by atoms with van der Waals surface area (Å²) in [6.45, 7) is 6.33. The molecule has 0 aromatic carbocycles. The standard InChI is InChI=1S/C11H22N2O2.ClH/c1-9-7-15-8-10(2)13(9)11(14)5-4-6-12-3;/h9-10,12H,4-8H2,1-3H3;1H. The highest BCUT2D eigenvalue weighted by Gasteiger charge is 2.28. The molecule has 2 unspecified atom stereocenters. The Bertz CT molecular complexity index is 204. The first-order valence-electron chi connectivity index (χ1n) is 5.70. The Hall–Kier alpha value is -0.320. The number of nitrogens with one attached hydrogen (secondary N) is 1. The van der Waals surface area contributed by atoms with E-state index >= 15 is 0 Å². The van der Waals surface area contributed by atoms with E-state index in [0.717, 1.165) is 13.0 Å². The molecule has 0 aromatic rings. The molecule has 0 radical (unpaired) electrons. The summed E-state index contributed by atoms with van der Waals surface area (Å²) in [5, 5.41) is 3.05. The Morgan fingerprint density at radius 3 is 2.44 bits per heavy atom. The van der Waals surface area contributed by atoms with Crippen molar-refractivity contribution in [1.82, 2.24) is 10.2 Å². The summed E-state index contributed by atoms with van der Waals surface area (Å²) in [6, 6.07) is 0.437. The van der Waals surface area contributed by atoms with Gasteiger partial charge in [0.25, 0.3) is 0 Å². The van der Waals surface area contributed by atoms with Gasteiger partial charge in [0.2, 0.25) is 5.91 Å². The van der Waals surface area contributed by atoms with Crippen molar-refractivity contribution in [3.05, 3.63) is 0 Å². The number of halogens is 1. The van der Waals surface area contributed by atoms with Crippen LogP contribution in [0.15, 0.2) is 0 Å². The van der Waals surface area contributed by atoms with Crippen LogP contribution in [0.25, 0.3) is 0 Å². The van der Waals surface area contributed by atoms with Gasteiger partial charge in [-0.1, -0.05) is 0 Å². The van der Waals surface area contributed by atoms with E-state index in [0.29, 0.717) is 19.6 Å². The number of amides is 1. The zero-order valence-electron chi connectivity index (χ0n) is 10.4. The van der Waals surface area contributed by atoms with Gasteiger partial charge in [-0.05, 0) is 33.9 Å². The lowest BCUT2D eigenvalue weighted by Crippen LogP contribution is -2.52. The predicted molar refractivity (Wildman–Crippen MR) is 67.0 cm³/mol. The van der Waals surface area contributed by atoms with Crippen LogP contribution in [-0.4, -0.2) is 49.7 Å². The van der Waals surface area contributed by atoms with Crippen molar-refractivity contribution in [2.75, 3.05) is 26.8 Å². The number of carbonyl (C=O) groups excluding carboxylic acids is 1. The van der Waals surface area contributed by atoms with E-state index in [1.165, 1.54) is 0 Å². The minimum atomic E-state index is 0. The predicted octanol–water partition coefficient (Wildman–Crippen LogP) is 1.04. The second kappa shape index (κ2) is 7.87. The topological polar surface area (TPSA) is 41.6 Å². The molecule has 1 saturated heterocycles. The Balaban J connectivity index is 0.00000225. The van der Waals surface area contributed by atoms with E-state index < -0.39 is 0 Å². The summed E-state index contributed by atoms with van der Waals surface area (Å²) < 4.78 is 5.39. The van der Waals surface area contributed by atoms with E-state index in [-0.39, 0.29) is 30.4 Å². The maximum atomic E-state index is 11.9. The maximum absolute atomic E-state index is 11.9. The first kappa shape index (κ1) is 15.7. The van der Waals surface area contributed by atoms with Crippen molar-refractivity contribution < 1.29 is 9.53 Å². The molecule has 0 spiro atoms. The normalized spacial score (nSPS) is 25.1. The van der Waals surface area contributed by atoms with Crippen LogP contribution in [0.2, 0.25) is 0 Å². The maximum Gasteiger partial charge on any atom is 0.223 e. The average molecular weight is 251 g/mol. The molecule has 2 atom stereocenters. The Kier molecular flexibility index (Phi) is 7.72. The van der Waals surface area contributed by atoms with Gasteiger partial charge in [-0.3, -0.25) is 4.79 Å². The molecule has 0 aliphatic carbocycles. The second-order valence-corrected chi connectivity index (χ2v) is 4.24. The first-order chi connectivity index (χ1) is 7.16. The number of ether oxygens (including phenoxy) is 1. The van der Waals surface area contributed by atoms with Crippen molar-refractivity contribution in [2.24, 2.45) is 0 Å². The molecular formula is C11H23ClN2O2. The lowest BCUT2D eigenvalue weighted by atomic mass is 10.1. The second-order valence-electron chi connectivity index (χ2n) is 4.24. The smallest absolute Gasteiger partial charge is 0.223 e. The van der Waals surface area contributed by atoms with Crippen LogP contribution in [-0.2, 0) is 9.53 Å². The average Bonchev–Trinajstić information content (AvgIpc) is 2.18. The highest BCUT2D eigenvalue weighted by atomic mass is 35.5. The van der Waals surface area contributed by atoms with Gasteiger partial charge in [0.05, 0.1) is 25.3 Å². The summed E-state index contributed by atoms with van der Waals surface area (Å²) >= 11 is 0. The molecule has 0 saturated carbocycles. The molecule has 1 N–H and O–H groups in total. The highest BCUT2D eigenvalue weighted by molar-refractivity contribution is 5.85. The van der Waals surface area contributed by atoms with Crippen LogP contribution in [0, 0.1) is 0 Å². The highest BCUT2D eigenvalue weighted by Crippen LogP contribution is 2.14. The summed E-state index contributed by atoms with van der Waals surface area (Å²) in [6.07, 6.45) is 1.54. The Morgan fingerprint density at radius 1 is 1.38 bits per heavy atom. The zero-order chi connectivity index (χ0) is 11.3. The number of hydrogen-bond acceptors (Lipinski definition) is 3. The van der Waals surface area contributed by atoms with Gasteiger partial charge in [0, 0.05) is 6.42 Å². The Labute approximate surface area is 104 Å². The molecule has 1 amide bonds. The third-order valence-corrected chi connectivity index (χ3v) is 2.77. The van der Waals surface area contributed by atoms with Gasteiger partial charge in [-0.2, -0.15) is 0 Å². The van der Waals surface area contributed by atoms with Crippen LogP contribution >= 0.6 is 12.4 Å². The lowest BCUT2D eigenvalue weighted by molar-refractivity contribution is -0.144. The monoisotopic (exact) mass is 250 g/mol.